The zero-order valence-electron chi connectivity index (χ0n) is 9.34. The van der Waals surface area contributed by atoms with Crippen LogP contribution in [0.3, 0.4) is 0 Å². The average Bonchev–Trinajstić information content (AvgIpc) is 2.30. The first kappa shape index (κ1) is 12.0. The first-order valence-electron chi connectivity index (χ1n) is 5.59. The second kappa shape index (κ2) is 5.25. The van der Waals surface area contributed by atoms with Gasteiger partial charge in [-0.2, -0.15) is 0 Å². The Kier molecular flexibility index (Phi) is 3.95. The van der Waals surface area contributed by atoms with Gasteiger partial charge in [-0.1, -0.05) is 22.0 Å². The van der Waals surface area contributed by atoms with Gasteiger partial charge in [0.2, 0.25) is 0 Å². The summed E-state index contributed by atoms with van der Waals surface area (Å²) in [6, 6.07) is 5.28. The highest BCUT2D eigenvalue weighted by molar-refractivity contribution is 9.10. The van der Waals surface area contributed by atoms with Gasteiger partial charge >= 0.3 is 0 Å². The van der Waals surface area contributed by atoms with Crippen LogP contribution in [0.5, 0.6) is 0 Å². The Morgan fingerprint density at radius 3 is 2.69 bits per heavy atom. The second-order valence-electron chi connectivity index (χ2n) is 4.10. The summed E-state index contributed by atoms with van der Waals surface area (Å²) in [6.45, 7) is 5.98. The molecule has 1 heterocycles. The van der Waals surface area contributed by atoms with Crippen LogP contribution in [0.4, 0.5) is 4.39 Å². The van der Waals surface area contributed by atoms with E-state index in [2.05, 4.69) is 33.1 Å². The third-order valence-corrected chi connectivity index (χ3v) is 3.81. The smallest absolute Gasteiger partial charge is 0.129 e. The van der Waals surface area contributed by atoms with E-state index in [4.69, 9.17) is 0 Å². The predicted octanol–water partition coefficient (Wildman–Crippen LogP) is 2.55. The molecule has 1 aliphatic heterocycles. The monoisotopic (exact) mass is 286 g/mol. The number of halogens is 2. The summed E-state index contributed by atoms with van der Waals surface area (Å²) >= 11 is 3.43. The molecule has 88 valence electrons. The minimum Gasteiger partial charge on any atom is -0.314 e. The summed E-state index contributed by atoms with van der Waals surface area (Å²) < 4.78 is 14.6. The molecule has 0 bridgehead atoms. The molecule has 2 rings (SSSR count). The summed E-state index contributed by atoms with van der Waals surface area (Å²) in [5, 5.41) is 3.30. The number of nitrogens with one attached hydrogen (secondary N) is 1. The number of hydrogen-bond donors (Lipinski definition) is 1. The Balaban J connectivity index is 2.22. The van der Waals surface area contributed by atoms with Crippen LogP contribution in [0.15, 0.2) is 22.7 Å². The first-order chi connectivity index (χ1) is 7.70. The minimum absolute atomic E-state index is 0.123. The molecule has 1 aromatic rings. The number of hydrogen-bond acceptors (Lipinski definition) is 2. The fourth-order valence-corrected chi connectivity index (χ4v) is 2.84. The Morgan fingerprint density at radius 2 is 2.06 bits per heavy atom. The Morgan fingerprint density at radius 1 is 1.38 bits per heavy atom. The van der Waals surface area contributed by atoms with Crippen molar-refractivity contribution in [1.29, 1.82) is 0 Å². The third kappa shape index (κ3) is 2.44. The summed E-state index contributed by atoms with van der Waals surface area (Å²) in [5.41, 5.74) is 0.768. The van der Waals surface area contributed by atoms with Crippen molar-refractivity contribution in [2.45, 2.75) is 13.0 Å². The quantitative estimate of drug-likeness (QED) is 0.899. The molecule has 0 amide bonds. The Bertz CT molecular complexity index is 344. The lowest BCUT2D eigenvalue weighted by Crippen LogP contribution is -2.44. The van der Waals surface area contributed by atoms with Gasteiger partial charge in [0.25, 0.3) is 0 Å². The molecule has 0 aliphatic carbocycles. The van der Waals surface area contributed by atoms with E-state index in [1.54, 1.807) is 6.07 Å². The minimum atomic E-state index is -0.125. The van der Waals surface area contributed by atoms with Gasteiger partial charge in [-0.15, -0.1) is 0 Å². The fourth-order valence-electron chi connectivity index (χ4n) is 2.16. The molecule has 1 aromatic carbocycles. The van der Waals surface area contributed by atoms with Crippen molar-refractivity contribution < 1.29 is 4.39 Å². The van der Waals surface area contributed by atoms with Crippen LogP contribution in [0.1, 0.15) is 18.5 Å². The van der Waals surface area contributed by atoms with Gasteiger partial charge in [0.1, 0.15) is 5.82 Å². The molecule has 0 radical (unpaired) electrons. The number of piperazine rings is 1. The molecule has 0 saturated carbocycles. The van der Waals surface area contributed by atoms with Gasteiger partial charge in [-0.25, -0.2) is 4.39 Å². The highest BCUT2D eigenvalue weighted by atomic mass is 79.9. The molecule has 1 atom stereocenters. The summed E-state index contributed by atoms with van der Waals surface area (Å²) in [4.78, 5) is 2.31. The van der Waals surface area contributed by atoms with Crippen molar-refractivity contribution >= 4 is 15.9 Å². The van der Waals surface area contributed by atoms with Crippen molar-refractivity contribution in [3.05, 3.63) is 34.1 Å². The number of rotatable bonds is 2. The van der Waals surface area contributed by atoms with Crippen molar-refractivity contribution in [2.24, 2.45) is 0 Å². The lowest BCUT2D eigenvalue weighted by Gasteiger charge is -2.33. The maximum atomic E-state index is 13.8. The number of benzene rings is 1. The summed E-state index contributed by atoms with van der Waals surface area (Å²) in [7, 11) is 0. The second-order valence-corrected chi connectivity index (χ2v) is 4.95. The third-order valence-electron chi connectivity index (χ3n) is 3.12. The average molecular weight is 287 g/mol. The van der Waals surface area contributed by atoms with E-state index in [-0.39, 0.29) is 11.9 Å². The van der Waals surface area contributed by atoms with Crippen LogP contribution < -0.4 is 5.32 Å². The van der Waals surface area contributed by atoms with Gasteiger partial charge in [0, 0.05) is 42.3 Å². The fraction of sp³-hybridized carbons (Fsp3) is 0.500. The SMILES string of the molecule is C[C@H](c1c(F)cccc1Br)N1CCNCC1. The van der Waals surface area contributed by atoms with Crippen LogP contribution >= 0.6 is 15.9 Å². The molecule has 16 heavy (non-hydrogen) atoms. The van der Waals surface area contributed by atoms with Crippen LogP contribution in [0.25, 0.3) is 0 Å². The van der Waals surface area contributed by atoms with Crippen molar-refractivity contribution in [2.75, 3.05) is 26.2 Å². The Hall–Kier alpha value is -0.450. The van der Waals surface area contributed by atoms with E-state index in [9.17, 15) is 4.39 Å². The standard InChI is InChI=1S/C12H16BrFN2/c1-9(16-7-5-15-6-8-16)12-10(13)3-2-4-11(12)14/h2-4,9,15H,5-8H2,1H3/t9-/m1/s1. The lowest BCUT2D eigenvalue weighted by molar-refractivity contribution is 0.182. The normalized spacial score (nSPS) is 19.7. The van der Waals surface area contributed by atoms with Gasteiger partial charge in [0.15, 0.2) is 0 Å². The molecule has 1 N–H and O–H groups in total. The van der Waals surface area contributed by atoms with E-state index in [1.165, 1.54) is 6.07 Å². The van der Waals surface area contributed by atoms with Gasteiger partial charge in [-0.3, -0.25) is 4.90 Å². The molecule has 0 unspecified atom stereocenters. The van der Waals surface area contributed by atoms with E-state index in [0.717, 1.165) is 36.2 Å². The zero-order valence-corrected chi connectivity index (χ0v) is 10.9. The lowest BCUT2D eigenvalue weighted by atomic mass is 10.1. The topological polar surface area (TPSA) is 15.3 Å². The van der Waals surface area contributed by atoms with Crippen molar-refractivity contribution in [3.8, 4) is 0 Å². The maximum Gasteiger partial charge on any atom is 0.129 e. The first-order valence-corrected chi connectivity index (χ1v) is 6.38. The molecule has 4 heteroatoms. The van der Waals surface area contributed by atoms with Crippen LogP contribution in [0.2, 0.25) is 0 Å². The van der Waals surface area contributed by atoms with E-state index in [0.29, 0.717) is 0 Å². The largest absolute Gasteiger partial charge is 0.314 e. The Labute approximate surface area is 104 Å². The number of nitrogens with zero attached hydrogens (tertiary/aromatic N) is 1. The molecule has 2 nitrogen and oxygen atoms in total. The highest BCUT2D eigenvalue weighted by Crippen LogP contribution is 2.29. The molecule has 0 spiro atoms. The molecular weight excluding hydrogens is 271 g/mol. The summed E-state index contributed by atoms with van der Waals surface area (Å²) in [5.74, 6) is -0.125. The zero-order chi connectivity index (χ0) is 11.5. The van der Waals surface area contributed by atoms with E-state index in [1.807, 2.05) is 6.07 Å². The maximum absolute atomic E-state index is 13.8. The summed E-state index contributed by atoms with van der Waals surface area (Å²) in [6.07, 6.45) is 0. The molecular formula is C12H16BrFN2. The van der Waals surface area contributed by atoms with Crippen LogP contribution in [0, 0.1) is 5.82 Å². The van der Waals surface area contributed by atoms with Crippen LogP contribution in [-0.4, -0.2) is 31.1 Å². The van der Waals surface area contributed by atoms with Crippen LogP contribution in [-0.2, 0) is 0 Å². The van der Waals surface area contributed by atoms with E-state index >= 15 is 0 Å². The van der Waals surface area contributed by atoms with Gasteiger partial charge < -0.3 is 5.32 Å². The highest BCUT2D eigenvalue weighted by Gasteiger charge is 2.22. The van der Waals surface area contributed by atoms with Gasteiger partial charge in [-0.05, 0) is 19.1 Å². The molecule has 1 fully saturated rings. The molecule has 1 saturated heterocycles. The van der Waals surface area contributed by atoms with Crippen molar-refractivity contribution in [3.63, 3.8) is 0 Å². The van der Waals surface area contributed by atoms with E-state index < -0.39 is 0 Å². The predicted molar refractivity (Wildman–Crippen MR) is 67.0 cm³/mol. The molecule has 1 aliphatic rings. The molecule has 0 aromatic heterocycles. The van der Waals surface area contributed by atoms with Gasteiger partial charge in [0.05, 0.1) is 0 Å². The van der Waals surface area contributed by atoms with Crippen molar-refractivity contribution in [1.82, 2.24) is 10.2 Å².